The Bertz CT molecular complexity index is 102. The molecule has 1 rings (SSSR count). The largest absolute Gasteiger partial charge is 0.255 e. The Morgan fingerprint density at radius 2 is 1.92 bits per heavy atom. The van der Waals surface area contributed by atoms with Gasteiger partial charge in [-0.25, -0.2) is 5.01 Å². The van der Waals surface area contributed by atoms with Gasteiger partial charge >= 0.3 is 0 Å². The van der Waals surface area contributed by atoms with E-state index in [0.29, 0.717) is 0 Å². The second-order valence-corrected chi connectivity index (χ2v) is 3.64. The van der Waals surface area contributed by atoms with E-state index < -0.39 is 0 Å². The van der Waals surface area contributed by atoms with Gasteiger partial charge in [0, 0.05) is 19.1 Å². The van der Waals surface area contributed by atoms with Crippen LogP contribution in [0.15, 0.2) is 0 Å². The van der Waals surface area contributed by atoms with Gasteiger partial charge in [0.25, 0.3) is 0 Å². The van der Waals surface area contributed by atoms with Gasteiger partial charge in [-0.05, 0) is 19.3 Å². The Morgan fingerprint density at radius 1 is 1.25 bits per heavy atom. The van der Waals surface area contributed by atoms with E-state index >= 15 is 0 Å². The predicted octanol–water partition coefficient (Wildman–Crippen LogP) is 2.17. The van der Waals surface area contributed by atoms with Crippen molar-refractivity contribution in [3.05, 3.63) is 0 Å². The van der Waals surface area contributed by atoms with Crippen LogP contribution in [-0.2, 0) is 0 Å². The summed E-state index contributed by atoms with van der Waals surface area (Å²) in [5, 5.41) is 2.45. The highest BCUT2D eigenvalue weighted by Gasteiger charge is 2.20. The summed E-state index contributed by atoms with van der Waals surface area (Å²) >= 11 is 0. The van der Waals surface area contributed by atoms with Crippen LogP contribution >= 0.6 is 0 Å². The molecule has 0 aromatic rings. The first kappa shape index (κ1) is 10.0. The highest BCUT2D eigenvalue weighted by atomic mass is 15.5. The highest BCUT2D eigenvalue weighted by Crippen LogP contribution is 2.22. The molecule has 0 bridgehead atoms. The molecule has 0 heterocycles. The van der Waals surface area contributed by atoms with E-state index in [4.69, 9.17) is 0 Å². The molecular formula is C10H22N2. The van der Waals surface area contributed by atoms with Gasteiger partial charge < -0.3 is 0 Å². The average molecular weight is 170 g/mol. The van der Waals surface area contributed by atoms with Gasteiger partial charge in [0.1, 0.15) is 0 Å². The molecule has 1 saturated carbocycles. The number of hydrazine groups is 1. The fraction of sp³-hybridized carbons (Fsp3) is 1.00. The Kier molecular flexibility index (Phi) is 4.62. The molecule has 72 valence electrons. The van der Waals surface area contributed by atoms with E-state index in [1.807, 2.05) is 0 Å². The smallest absolute Gasteiger partial charge is 0.0243 e. The Labute approximate surface area is 76.3 Å². The molecule has 0 radical (unpaired) electrons. The lowest BCUT2D eigenvalue weighted by atomic mass is 10.2. The van der Waals surface area contributed by atoms with Crippen LogP contribution in [0.2, 0.25) is 0 Å². The summed E-state index contributed by atoms with van der Waals surface area (Å²) in [5.41, 5.74) is 3.46. The van der Waals surface area contributed by atoms with Crippen LogP contribution in [0.1, 0.15) is 46.0 Å². The van der Waals surface area contributed by atoms with E-state index in [2.05, 4.69) is 24.3 Å². The van der Waals surface area contributed by atoms with E-state index in [1.54, 1.807) is 0 Å². The monoisotopic (exact) mass is 170 g/mol. The van der Waals surface area contributed by atoms with Gasteiger partial charge in [-0.2, -0.15) is 0 Å². The zero-order valence-corrected chi connectivity index (χ0v) is 8.47. The lowest BCUT2D eigenvalue weighted by molar-refractivity contribution is 0.129. The van der Waals surface area contributed by atoms with Gasteiger partial charge in [0.2, 0.25) is 0 Å². The van der Waals surface area contributed by atoms with E-state index in [1.165, 1.54) is 38.6 Å². The maximum absolute atomic E-state index is 3.46. The van der Waals surface area contributed by atoms with Crippen molar-refractivity contribution in [1.82, 2.24) is 10.4 Å². The first-order chi connectivity index (χ1) is 5.88. The molecule has 0 spiro atoms. The third kappa shape index (κ3) is 2.76. The molecule has 2 heteroatoms. The summed E-state index contributed by atoms with van der Waals surface area (Å²) in [4.78, 5) is 0. The minimum Gasteiger partial charge on any atom is -0.255 e. The minimum absolute atomic E-state index is 0.824. The molecule has 0 unspecified atom stereocenters. The highest BCUT2D eigenvalue weighted by molar-refractivity contribution is 4.74. The number of nitrogens with one attached hydrogen (secondary N) is 1. The molecule has 1 aliphatic carbocycles. The fourth-order valence-corrected chi connectivity index (χ4v) is 2.05. The first-order valence-corrected chi connectivity index (χ1v) is 5.38. The molecule has 0 amide bonds. The molecule has 12 heavy (non-hydrogen) atoms. The molecule has 1 N–H and O–H groups in total. The molecule has 0 atom stereocenters. The van der Waals surface area contributed by atoms with E-state index in [9.17, 15) is 0 Å². The lowest BCUT2D eigenvalue weighted by Crippen LogP contribution is -2.44. The molecule has 2 nitrogen and oxygen atoms in total. The number of rotatable bonds is 5. The van der Waals surface area contributed by atoms with Crippen molar-refractivity contribution in [2.45, 2.75) is 52.0 Å². The average Bonchev–Trinajstić information content (AvgIpc) is 2.56. The molecule has 0 aromatic carbocycles. The van der Waals surface area contributed by atoms with Crippen LogP contribution in [0.25, 0.3) is 0 Å². The quantitative estimate of drug-likeness (QED) is 0.636. The maximum Gasteiger partial charge on any atom is 0.0243 e. The van der Waals surface area contributed by atoms with Crippen LogP contribution in [0.4, 0.5) is 0 Å². The Hall–Kier alpha value is -0.0800. The Morgan fingerprint density at radius 3 is 2.42 bits per heavy atom. The predicted molar refractivity (Wildman–Crippen MR) is 52.9 cm³/mol. The summed E-state index contributed by atoms with van der Waals surface area (Å²) in [5.74, 6) is 0. The zero-order valence-electron chi connectivity index (χ0n) is 8.47. The first-order valence-electron chi connectivity index (χ1n) is 5.38. The van der Waals surface area contributed by atoms with Gasteiger partial charge in [-0.3, -0.25) is 5.43 Å². The summed E-state index contributed by atoms with van der Waals surface area (Å²) in [7, 11) is 0. The summed E-state index contributed by atoms with van der Waals surface area (Å²) in [6.07, 6.45) is 6.90. The fourth-order valence-electron chi connectivity index (χ4n) is 2.05. The van der Waals surface area contributed by atoms with Crippen LogP contribution in [-0.4, -0.2) is 24.1 Å². The van der Waals surface area contributed by atoms with Gasteiger partial charge in [-0.1, -0.05) is 26.7 Å². The van der Waals surface area contributed by atoms with Crippen molar-refractivity contribution in [1.29, 1.82) is 0 Å². The van der Waals surface area contributed by atoms with Crippen molar-refractivity contribution >= 4 is 0 Å². The van der Waals surface area contributed by atoms with Crippen LogP contribution in [0.5, 0.6) is 0 Å². The van der Waals surface area contributed by atoms with E-state index in [0.717, 1.165) is 12.6 Å². The number of hydrogen-bond acceptors (Lipinski definition) is 2. The van der Waals surface area contributed by atoms with Crippen molar-refractivity contribution in [3.8, 4) is 0 Å². The van der Waals surface area contributed by atoms with Crippen molar-refractivity contribution < 1.29 is 0 Å². The SMILES string of the molecule is CCCN(NCC)C1CCCC1. The number of hydrogen-bond donors (Lipinski definition) is 1. The molecule has 0 saturated heterocycles. The summed E-state index contributed by atoms with van der Waals surface area (Å²) in [6, 6.07) is 0.824. The third-order valence-corrected chi connectivity index (χ3v) is 2.59. The van der Waals surface area contributed by atoms with Gasteiger partial charge in [0.15, 0.2) is 0 Å². The van der Waals surface area contributed by atoms with Crippen molar-refractivity contribution in [2.75, 3.05) is 13.1 Å². The molecule has 1 fully saturated rings. The van der Waals surface area contributed by atoms with Crippen molar-refractivity contribution in [2.24, 2.45) is 0 Å². The molecule has 0 aromatic heterocycles. The molecule has 0 aliphatic heterocycles. The minimum atomic E-state index is 0.824. The van der Waals surface area contributed by atoms with Crippen LogP contribution in [0.3, 0.4) is 0 Å². The lowest BCUT2D eigenvalue weighted by Gasteiger charge is -2.28. The third-order valence-electron chi connectivity index (χ3n) is 2.59. The summed E-state index contributed by atoms with van der Waals surface area (Å²) in [6.45, 7) is 6.70. The molecular weight excluding hydrogens is 148 g/mol. The zero-order chi connectivity index (χ0) is 8.81. The van der Waals surface area contributed by atoms with Crippen LogP contribution < -0.4 is 5.43 Å². The summed E-state index contributed by atoms with van der Waals surface area (Å²) < 4.78 is 0. The van der Waals surface area contributed by atoms with Gasteiger partial charge in [-0.15, -0.1) is 0 Å². The topological polar surface area (TPSA) is 15.3 Å². The van der Waals surface area contributed by atoms with Crippen molar-refractivity contribution in [3.63, 3.8) is 0 Å². The normalized spacial score (nSPS) is 19.2. The maximum atomic E-state index is 3.46. The van der Waals surface area contributed by atoms with Gasteiger partial charge in [0.05, 0.1) is 0 Å². The van der Waals surface area contributed by atoms with E-state index in [-0.39, 0.29) is 0 Å². The molecule has 1 aliphatic rings. The van der Waals surface area contributed by atoms with Crippen LogP contribution in [0, 0.1) is 0 Å². The Balaban J connectivity index is 2.29. The number of nitrogens with zero attached hydrogens (tertiary/aromatic N) is 1. The second-order valence-electron chi connectivity index (χ2n) is 3.64. The standard InChI is InChI=1S/C10H22N2/c1-3-9-12(11-4-2)10-7-5-6-8-10/h10-11H,3-9H2,1-2H3. The second kappa shape index (κ2) is 5.55.